The Balaban J connectivity index is 2.40. The molecule has 0 spiro atoms. The number of aromatic nitrogens is 2. The van der Waals surface area contributed by atoms with Crippen LogP contribution in [-0.2, 0) is 5.88 Å². The van der Waals surface area contributed by atoms with E-state index in [0.29, 0.717) is 15.9 Å². The van der Waals surface area contributed by atoms with E-state index in [1.807, 2.05) is 47.9 Å². The molecule has 0 aliphatic rings. The maximum atomic E-state index is 6.36. The van der Waals surface area contributed by atoms with E-state index in [4.69, 9.17) is 34.8 Å². The van der Waals surface area contributed by atoms with Crippen molar-refractivity contribution in [2.75, 3.05) is 0 Å². The zero-order chi connectivity index (χ0) is 14.3. The Labute approximate surface area is 131 Å². The molecule has 0 fully saturated rings. The van der Waals surface area contributed by atoms with E-state index < -0.39 is 0 Å². The molecule has 0 aliphatic heterocycles. The van der Waals surface area contributed by atoms with Crippen LogP contribution in [-0.4, -0.2) is 9.55 Å². The second-order valence-corrected chi connectivity index (χ2v) is 5.65. The Morgan fingerprint density at radius 3 is 2.65 bits per heavy atom. The molecule has 0 N–H and O–H groups in total. The molecule has 3 aromatic rings. The highest BCUT2D eigenvalue weighted by Crippen LogP contribution is 2.31. The van der Waals surface area contributed by atoms with Crippen LogP contribution in [0.1, 0.15) is 11.4 Å². The largest absolute Gasteiger partial charge is 0.294 e. The minimum Gasteiger partial charge on any atom is -0.294 e. The number of alkyl halides is 1. The van der Waals surface area contributed by atoms with Crippen molar-refractivity contribution in [2.24, 2.45) is 0 Å². The monoisotopic (exact) mass is 324 g/mol. The topological polar surface area (TPSA) is 17.8 Å². The van der Waals surface area contributed by atoms with E-state index in [2.05, 4.69) is 4.98 Å². The molecule has 0 bridgehead atoms. The Morgan fingerprint density at radius 2 is 1.95 bits per heavy atom. The van der Waals surface area contributed by atoms with Gasteiger partial charge in [-0.05, 0) is 36.8 Å². The zero-order valence-corrected chi connectivity index (χ0v) is 13.0. The number of nitrogens with zero attached hydrogens (tertiary/aromatic N) is 2. The van der Waals surface area contributed by atoms with Crippen LogP contribution in [0, 0.1) is 6.92 Å². The van der Waals surface area contributed by atoms with Gasteiger partial charge < -0.3 is 0 Å². The molecule has 1 aromatic heterocycles. The minimum atomic E-state index is 0.303. The molecule has 2 aromatic carbocycles. The van der Waals surface area contributed by atoms with Gasteiger partial charge in [-0.1, -0.05) is 35.3 Å². The van der Waals surface area contributed by atoms with Gasteiger partial charge in [-0.25, -0.2) is 4.98 Å². The van der Waals surface area contributed by atoms with Gasteiger partial charge in [0.25, 0.3) is 0 Å². The van der Waals surface area contributed by atoms with Crippen LogP contribution in [0.2, 0.25) is 10.0 Å². The molecule has 0 saturated heterocycles. The molecule has 2 nitrogen and oxygen atoms in total. The summed E-state index contributed by atoms with van der Waals surface area (Å²) in [6, 6.07) is 11.4. The summed E-state index contributed by atoms with van der Waals surface area (Å²) in [7, 11) is 0. The fourth-order valence-electron chi connectivity index (χ4n) is 2.35. The van der Waals surface area contributed by atoms with E-state index in [0.717, 1.165) is 28.1 Å². The van der Waals surface area contributed by atoms with Crippen molar-refractivity contribution in [1.82, 2.24) is 9.55 Å². The fourth-order valence-corrected chi connectivity index (χ4v) is 3.00. The summed E-state index contributed by atoms with van der Waals surface area (Å²) in [5.74, 6) is 1.05. The molecule has 20 heavy (non-hydrogen) atoms. The summed E-state index contributed by atoms with van der Waals surface area (Å²) in [4.78, 5) is 4.54. The third kappa shape index (κ3) is 2.18. The van der Waals surface area contributed by atoms with Crippen molar-refractivity contribution in [3.63, 3.8) is 0 Å². The van der Waals surface area contributed by atoms with Crippen LogP contribution < -0.4 is 0 Å². The zero-order valence-electron chi connectivity index (χ0n) is 10.7. The van der Waals surface area contributed by atoms with Gasteiger partial charge in [0.05, 0.1) is 27.6 Å². The molecule has 1 heterocycles. The van der Waals surface area contributed by atoms with E-state index in [-0.39, 0.29) is 0 Å². The predicted octanol–water partition coefficient (Wildman–Crippen LogP) is 5.38. The summed E-state index contributed by atoms with van der Waals surface area (Å²) in [6.07, 6.45) is 0. The van der Waals surface area contributed by atoms with Crippen LogP contribution in [0.15, 0.2) is 36.4 Å². The lowest BCUT2D eigenvalue weighted by atomic mass is 10.2. The first-order chi connectivity index (χ1) is 9.61. The van der Waals surface area contributed by atoms with Crippen molar-refractivity contribution >= 4 is 45.8 Å². The van der Waals surface area contributed by atoms with Gasteiger partial charge in [-0.15, -0.1) is 11.6 Å². The van der Waals surface area contributed by atoms with Crippen LogP contribution in [0.4, 0.5) is 0 Å². The summed E-state index contributed by atoms with van der Waals surface area (Å²) >= 11 is 18.4. The highest BCUT2D eigenvalue weighted by Gasteiger charge is 2.15. The van der Waals surface area contributed by atoms with E-state index in [1.165, 1.54) is 0 Å². The van der Waals surface area contributed by atoms with Crippen molar-refractivity contribution < 1.29 is 0 Å². The molecule has 0 saturated carbocycles. The number of halogens is 3. The molecule has 5 heteroatoms. The van der Waals surface area contributed by atoms with Crippen molar-refractivity contribution in [2.45, 2.75) is 12.8 Å². The number of hydrogen-bond donors (Lipinski definition) is 0. The van der Waals surface area contributed by atoms with Crippen LogP contribution in [0.5, 0.6) is 0 Å². The Bertz CT molecular complexity index is 773. The van der Waals surface area contributed by atoms with E-state index in [9.17, 15) is 0 Å². The van der Waals surface area contributed by atoms with Crippen molar-refractivity contribution in [3.8, 4) is 5.69 Å². The van der Waals surface area contributed by atoms with Crippen LogP contribution >= 0.6 is 34.8 Å². The van der Waals surface area contributed by atoms with Gasteiger partial charge in [-0.3, -0.25) is 4.57 Å². The van der Waals surface area contributed by atoms with Gasteiger partial charge in [0, 0.05) is 5.02 Å². The predicted molar refractivity (Wildman–Crippen MR) is 85.4 cm³/mol. The third-order valence-corrected chi connectivity index (χ3v) is 4.00. The highest BCUT2D eigenvalue weighted by molar-refractivity contribution is 6.32. The second kappa shape index (κ2) is 5.28. The minimum absolute atomic E-state index is 0.303. The van der Waals surface area contributed by atoms with E-state index >= 15 is 0 Å². The first-order valence-electron chi connectivity index (χ1n) is 6.10. The van der Waals surface area contributed by atoms with Crippen molar-refractivity contribution in [1.29, 1.82) is 0 Å². The Morgan fingerprint density at radius 1 is 1.15 bits per heavy atom. The molecule has 0 aliphatic carbocycles. The van der Waals surface area contributed by atoms with Crippen LogP contribution in [0.3, 0.4) is 0 Å². The maximum absolute atomic E-state index is 6.36. The summed E-state index contributed by atoms with van der Waals surface area (Å²) in [5.41, 5.74) is 3.74. The summed E-state index contributed by atoms with van der Waals surface area (Å²) < 4.78 is 2.00. The molecule has 3 rings (SSSR count). The maximum Gasteiger partial charge on any atom is 0.129 e. The second-order valence-electron chi connectivity index (χ2n) is 4.54. The van der Waals surface area contributed by atoms with Crippen molar-refractivity contribution in [3.05, 3.63) is 57.8 Å². The van der Waals surface area contributed by atoms with Gasteiger partial charge >= 0.3 is 0 Å². The molecule has 0 unspecified atom stereocenters. The fraction of sp³-hybridized carbons (Fsp3) is 0.133. The lowest BCUT2D eigenvalue weighted by Crippen LogP contribution is -2.02. The molecule has 102 valence electrons. The van der Waals surface area contributed by atoms with Gasteiger partial charge in [0.2, 0.25) is 0 Å². The van der Waals surface area contributed by atoms with Gasteiger partial charge in [0.15, 0.2) is 0 Å². The Kier molecular flexibility index (Phi) is 3.63. The van der Waals surface area contributed by atoms with Gasteiger partial charge in [-0.2, -0.15) is 0 Å². The molecule has 0 atom stereocenters. The Hall–Kier alpha value is -1.22. The average molecular weight is 326 g/mol. The highest BCUT2D eigenvalue weighted by atomic mass is 35.5. The summed E-state index contributed by atoms with van der Waals surface area (Å²) in [6.45, 7) is 2.01. The lowest BCUT2D eigenvalue weighted by Gasteiger charge is -2.13. The van der Waals surface area contributed by atoms with Gasteiger partial charge in [0.1, 0.15) is 5.82 Å². The lowest BCUT2D eigenvalue weighted by molar-refractivity contribution is 0.972. The number of aryl methyl sites for hydroxylation is 1. The van der Waals surface area contributed by atoms with E-state index in [1.54, 1.807) is 0 Å². The smallest absolute Gasteiger partial charge is 0.129 e. The quantitative estimate of drug-likeness (QED) is 0.578. The summed E-state index contributed by atoms with van der Waals surface area (Å²) in [5, 5.41) is 1.32. The first-order valence-corrected chi connectivity index (χ1v) is 7.39. The van der Waals surface area contributed by atoms with Crippen LogP contribution in [0.25, 0.3) is 16.7 Å². The number of benzene rings is 2. The molecular formula is C15H11Cl3N2. The average Bonchev–Trinajstić information content (AvgIpc) is 2.76. The SMILES string of the molecule is Cc1cccc(Cl)c1-n1c(CCl)nc2cc(Cl)ccc21. The number of fused-ring (bicyclic) bond motifs is 1. The molecule has 0 amide bonds. The third-order valence-electron chi connectivity index (χ3n) is 3.22. The number of hydrogen-bond acceptors (Lipinski definition) is 1. The number of imidazole rings is 1. The standard InChI is InChI=1S/C15H11Cl3N2/c1-9-3-2-4-11(18)15(9)20-13-6-5-10(17)7-12(13)19-14(20)8-16/h2-7H,8H2,1H3. The molecular weight excluding hydrogens is 315 g/mol. The normalized spacial score (nSPS) is 11.2. The number of rotatable bonds is 2. The number of para-hydroxylation sites is 1. The molecule has 0 radical (unpaired) electrons. The first kappa shape index (κ1) is 13.7.